The Hall–Kier alpha value is -0.800. The number of thioether (sulfide) groups is 1. The zero-order valence-corrected chi connectivity index (χ0v) is 11.1. The third-order valence-electron chi connectivity index (χ3n) is 2.84. The van der Waals surface area contributed by atoms with Crippen LogP contribution in [0.15, 0.2) is 23.1 Å². The van der Waals surface area contributed by atoms with Gasteiger partial charge in [0, 0.05) is 16.4 Å². The number of halogens is 1. The van der Waals surface area contributed by atoms with Gasteiger partial charge in [0.2, 0.25) is 0 Å². The molecule has 4 heteroatoms. The minimum absolute atomic E-state index is 0.0279. The zero-order chi connectivity index (χ0) is 12.4. The molecule has 0 heterocycles. The van der Waals surface area contributed by atoms with Crippen molar-refractivity contribution >= 4 is 34.9 Å². The molecule has 1 aromatic rings. The molecule has 0 atom stereocenters. The van der Waals surface area contributed by atoms with Crippen molar-refractivity contribution in [2.45, 2.75) is 24.2 Å². The molecule has 0 aliphatic heterocycles. The fourth-order valence-electron chi connectivity index (χ4n) is 1.64. The second-order valence-electron chi connectivity index (χ2n) is 4.19. The highest BCUT2D eigenvalue weighted by Crippen LogP contribution is 2.32. The highest BCUT2D eigenvalue weighted by Gasteiger charge is 2.30. The molecule has 1 fully saturated rings. The maximum absolute atomic E-state index is 11.9. The van der Waals surface area contributed by atoms with E-state index in [9.17, 15) is 9.59 Å². The van der Waals surface area contributed by atoms with Gasteiger partial charge in [-0.05, 0) is 37.3 Å². The lowest BCUT2D eigenvalue weighted by atomic mass is 10.0. The number of benzene rings is 1. The Labute approximate surface area is 110 Å². The predicted molar refractivity (Wildman–Crippen MR) is 69.9 cm³/mol. The molecule has 0 unspecified atom stereocenters. The number of ketones is 2. The zero-order valence-electron chi connectivity index (χ0n) is 9.53. The van der Waals surface area contributed by atoms with E-state index in [1.807, 2.05) is 6.26 Å². The first-order valence-corrected chi connectivity index (χ1v) is 7.11. The summed E-state index contributed by atoms with van der Waals surface area (Å²) in [5.41, 5.74) is 0.577. The maximum atomic E-state index is 11.9. The van der Waals surface area contributed by atoms with Crippen LogP contribution in [0.1, 0.15) is 29.6 Å². The van der Waals surface area contributed by atoms with E-state index in [0.717, 1.165) is 17.7 Å². The van der Waals surface area contributed by atoms with Crippen molar-refractivity contribution in [3.8, 4) is 0 Å². The fraction of sp³-hybridized carbons (Fsp3) is 0.385. The summed E-state index contributed by atoms with van der Waals surface area (Å²) < 4.78 is 0. The van der Waals surface area contributed by atoms with Crippen molar-refractivity contribution in [2.75, 3.05) is 6.26 Å². The van der Waals surface area contributed by atoms with Crippen molar-refractivity contribution in [1.82, 2.24) is 0 Å². The molecular weight excluding hydrogens is 256 g/mol. The largest absolute Gasteiger partial charge is 0.299 e. The van der Waals surface area contributed by atoms with E-state index >= 15 is 0 Å². The number of hydrogen-bond acceptors (Lipinski definition) is 3. The SMILES string of the molecule is CSc1cc(C(=O)CC(=O)C2CC2)ccc1Cl. The van der Waals surface area contributed by atoms with Gasteiger partial charge in [-0.2, -0.15) is 0 Å². The first-order valence-electron chi connectivity index (χ1n) is 5.51. The summed E-state index contributed by atoms with van der Waals surface area (Å²) in [6.07, 6.45) is 3.83. The third kappa shape index (κ3) is 3.11. The Morgan fingerprint density at radius 1 is 1.41 bits per heavy atom. The van der Waals surface area contributed by atoms with Crippen molar-refractivity contribution < 1.29 is 9.59 Å². The highest BCUT2D eigenvalue weighted by atomic mass is 35.5. The Balaban J connectivity index is 2.10. The molecule has 0 aromatic heterocycles. The number of Topliss-reactive ketones (excluding diaryl/α,β-unsaturated/α-hetero) is 2. The van der Waals surface area contributed by atoms with Gasteiger partial charge in [-0.3, -0.25) is 9.59 Å². The molecule has 1 saturated carbocycles. The fourth-order valence-corrected chi connectivity index (χ4v) is 2.50. The van der Waals surface area contributed by atoms with E-state index in [0.29, 0.717) is 10.6 Å². The van der Waals surface area contributed by atoms with Gasteiger partial charge in [-0.25, -0.2) is 0 Å². The first-order chi connectivity index (χ1) is 8.11. The summed E-state index contributed by atoms with van der Waals surface area (Å²) in [5, 5.41) is 0.641. The monoisotopic (exact) mass is 268 g/mol. The standard InChI is InChI=1S/C13H13ClO2S/c1-17-13-6-9(4-5-10(13)14)12(16)7-11(15)8-2-3-8/h4-6,8H,2-3,7H2,1H3. The summed E-state index contributed by atoms with van der Waals surface area (Å²) in [6.45, 7) is 0. The van der Waals surface area contributed by atoms with Crippen LogP contribution in [0.3, 0.4) is 0 Å². The number of rotatable bonds is 5. The molecule has 1 aliphatic carbocycles. The van der Waals surface area contributed by atoms with Crippen LogP contribution in [0.4, 0.5) is 0 Å². The number of carbonyl (C=O) groups is 2. The van der Waals surface area contributed by atoms with Crippen molar-refractivity contribution in [2.24, 2.45) is 5.92 Å². The molecule has 2 rings (SSSR count). The lowest BCUT2D eigenvalue weighted by molar-refractivity contribution is -0.119. The normalized spacial score (nSPS) is 14.7. The maximum Gasteiger partial charge on any atom is 0.170 e. The van der Waals surface area contributed by atoms with Gasteiger partial charge in [0.05, 0.1) is 11.4 Å². The van der Waals surface area contributed by atoms with Crippen molar-refractivity contribution in [3.05, 3.63) is 28.8 Å². The second-order valence-corrected chi connectivity index (χ2v) is 5.45. The summed E-state index contributed by atoms with van der Waals surface area (Å²) in [4.78, 5) is 24.3. The molecule has 0 spiro atoms. The van der Waals surface area contributed by atoms with Crippen LogP contribution in [0.5, 0.6) is 0 Å². The Kier molecular flexibility index (Phi) is 3.89. The van der Waals surface area contributed by atoms with E-state index in [-0.39, 0.29) is 23.9 Å². The molecule has 1 aromatic carbocycles. The van der Waals surface area contributed by atoms with Gasteiger partial charge in [-0.1, -0.05) is 11.6 Å². The summed E-state index contributed by atoms with van der Waals surface area (Å²) >= 11 is 7.46. The van der Waals surface area contributed by atoms with E-state index in [2.05, 4.69) is 0 Å². The van der Waals surface area contributed by atoms with Crippen molar-refractivity contribution in [1.29, 1.82) is 0 Å². The van der Waals surface area contributed by atoms with E-state index in [1.54, 1.807) is 18.2 Å². The second kappa shape index (κ2) is 5.23. The van der Waals surface area contributed by atoms with Gasteiger partial charge in [-0.15, -0.1) is 11.8 Å². The minimum Gasteiger partial charge on any atom is -0.299 e. The van der Waals surface area contributed by atoms with Crippen LogP contribution in [-0.4, -0.2) is 17.8 Å². The van der Waals surface area contributed by atoms with Gasteiger partial charge in [0.1, 0.15) is 5.78 Å². The topological polar surface area (TPSA) is 34.1 Å². The van der Waals surface area contributed by atoms with Crippen molar-refractivity contribution in [3.63, 3.8) is 0 Å². The van der Waals surface area contributed by atoms with Crippen LogP contribution in [-0.2, 0) is 4.79 Å². The summed E-state index contributed by atoms with van der Waals surface area (Å²) in [7, 11) is 0. The summed E-state index contributed by atoms with van der Waals surface area (Å²) in [5.74, 6) is 0.121. The Bertz CT molecular complexity index is 466. The lowest BCUT2D eigenvalue weighted by Gasteiger charge is -2.04. The predicted octanol–water partition coefficient (Wildman–Crippen LogP) is 3.61. The first kappa shape index (κ1) is 12.7. The highest BCUT2D eigenvalue weighted by molar-refractivity contribution is 7.98. The quantitative estimate of drug-likeness (QED) is 0.465. The van der Waals surface area contributed by atoms with Crippen LogP contribution in [0, 0.1) is 5.92 Å². The van der Waals surface area contributed by atoms with Crippen LogP contribution >= 0.6 is 23.4 Å². The molecular formula is C13H13ClO2S. The molecule has 2 nitrogen and oxygen atoms in total. The van der Waals surface area contributed by atoms with E-state index in [1.165, 1.54) is 11.8 Å². The van der Waals surface area contributed by atoms with Gasteiger partial charge in [0.25, 0.3) is 0 Å². The van der Waals surface area contributed by atoms with Crippen LogP contribution < -0.4 is 0 Å². The number of carbonyl (C=O) groups excluding carboxylic acids is 2. The third-order valence-corrected chi connectivity index (χ3v) is 4.06. The van der Waals surface area contributed by atoms with Gasteiger partial charge >= 0.3 is 0 Å². The average Bonchev–Trinajstić information content (AvgIpc) is 3.13. The molecule has 0 amide bonds. The molecule has 17 heavy (non-hydrogen) atoms. The lowest BCUT2D eigenvalue weighted by Crippen LogP contribution is -2.09. The molecule has 0 bridgehead atoms. The van der Waals surface area contributed by atoms with Gasteiger partial charge < -0.3 is 0 Å². The number of hydrogen-bond donors (Lipinski definition) is 0. The molecule has 0 N–H and O–H groups in total. The van der Waals surface area contributed by atoms with Crippen LogP contribution in [0.2, 0.25) is 5.02 Å². The van der Waals surface area contributed by atoms with E-state index in [4.69, 9.17) is 11.6 Å². The van der Waals surface area contributed by atoms with E-state index < -0.39 is 0 Å². The molecule has 90 valence electrons. The Morgan fingerprint density at radius 2 is 2.12 bits per heavy atom. The average molecular weight is 269 g/mol. The molecule has 0 saturated heterocycles. The molecule has 0 radical (unpaired) electrons. The Morgan fingerprint density at radius 3 is 2.71 bits per heavy atom. The van der Waals surface area contributed by atoms with Crippen LogP contribution in [0.25, 0.3) is 0 Å². The molecule has 1 aliphatic rings. The van der Waals surface area contributed by atoms with Gasteiger partial charge in [0.15, 0.2) is 5.78 Å². The minimum atomic E-state index is -0.103. The summed E-state index contributed by atoms with van der Waals surface area (Å²) in [6, 6.07) is 5.16. The smallest absolute Gasteiger partial charge is 0.170 e.